The number of nitrogens with zero attached hydrogens (tertiary/aromatic N) is 2. The third-order valence-electron chi connectivity index (χ3n) is 6.15. The molecule has 0 spiro atoms. The van der Waals surface area contributed by atoms with Gasteiger partial charge in [-0.2, -0.15) is 0 Å². The number of carbonyl (C=O) groups is 3. The summed E-state index contributed by atoms with van der Waals surface area (Å²) in [6.45, 7) is 11.2. The lowest BCUT2D eigenvalue weighted by Gasteiger charge is -2.40. The average Bonchev–Trinajstić information content (AvgIpc) is 3.06. The lowest BCUT2D eigenvalue weighted by molar-refractivity contribution is -0.146. The van der Waals surface area contributed by atoms with Gasteiger partial charge in [0.1, 0.15) is 6.04 Å². The second kappa shape index (κ2) is 6.27. The first kappa shape index (κ1) is 20.3. The molecule has 6 heteroatoms. The fraction of sp³-hybridized carbons (Fsp3) is 0.522. The number of benzene rings is 1. The van der Waals surface area contributed by atoms with E-state index in [4.69, 9.17) is 0 Å². The summed E-state index contributed by atoms with van der Waals surface area (Å²) >= 11 is 3.50. The van der Waals surface area contributed by atoms with Crippen molar-refractivity contribution in [2.75, 3.05) is 4.90 Å². The second-order valence-corrected chi connectivity index (χ2v) is 11.2. The van der Waals surface area contributed by atoms with E-state index >= 15 is 0 Å². The van der Waals surface area contributed by atoms with E-state index in [1.54, 1.807) is 0 Å². The van der Waals surface area contributed by atoms with Crippen LogP contribution in [0.25, 0.3) is 6.08 Å². The molecule has 3 aliphatic heterocycles. The highest BCUT2D eigenvalue weighted by molar-refractivity contribution is 9.10. The third kappa shape index (κ3) is 2.90. The largest absolute Gasteiger partial charge is 0.353 e. The van der Waals surface area contributed by atoms with Gasteiger partial charge < -0.3 is 4.90 Å². The van der Waals surface area contributed by atoms with Crippen molar-refractivity contribution in [1.29, 1.82) is 0 Å². The van der Waals surface area contributed by atoms with Gasteiger partial charge in [-0.05, 0) is 44.5 Å². The highest BCUT2D eigenvalue weighted by Crippen LogP contribution is 2.51. The summed E-state index contributed by atoms with van der Waals surface area (Å²) in [4.78, 5) is 43.9. The van der Waals surface area contributed by atoms with E-state index in [1.165, 1.54) is 4.90 Å². The number of hydrogen-bond donors (Lipinski definition) is 0. The van der Waals surface area contributed by atoms with Crippen LogP contribution < -0.4 is 4.90 Å². The molecular formula is C23H27BrN2O3. The van der Waals surface area contributed by atoms with Gasteiger partial charge in [0.2, 0.25) is 11.8 Å². The van der Waals surface area contributed by atoms with Gasteiger partial charge in [0.15, 0.2) is 5.78 Å². The standard InChI is InChI=1S/C23H27BrN2O3/c1-22(2,3)19(27)18-17-16(20(28)26(21(17)29)23(4,5)6)15-9-7-12-11-13(24)8-10-14(12)25(15)18/h7-11,15-18H,1-6H3. The number of ketones is 1. The van der Waals surface area contributed by atoms with Crippen LogP contribution in [0, 0.1) is 17.3 Å². The van der Waals surface area contributed by atoms with Crippen molar-refractivity contribution in [3.05, 3.63) is 34.3 Å². The normalized spacial score (nSPS) is 28.5. The molecule has 2 saturated heterocycles. The number of carbonyl (C=O) groups excluding carboxylic acids is 3. The molecule has 2 fully saturated rings. The van der Waals surface area contributed by atoms with Crippen molar-refractivity contribution >= 4 is 45.3 Å². The molecule has 3 aliphatic rings. The Bertz CT molecular complexity index is 954. The molecule has 0 saturated carbocycles. The molecule has 4 atom stereocenters. The molecule has 5 nitrogen and oxygen atoms in total. The Hall–Kier alpha value is -1.95. The maximum Gasteiger partial charge on any atom is 0.236 e. The predicted octanol–water partition coefficient (Wildman–Crippen LogP) is 4.05. The molecule has 3 heterocycles. The SMILES string of the molecule is CC(C)(C)C(=O)C1C2C(=O)N(C(C)(C)C)C(=O)C2C2C=Cc3cc(Br)ccc3N21. The minimum absolute atomic E-state index is 0.00363. The molecule has 2 amide bonds. The second-order valence-electron chi connectivity index (χ2n) is 10.3. The quantitative estimate of drug-likeness (QED) is 0.595. The number of imide groups is 1. The summed E-state index contributed by atoms with van der Waals surface area (Å²) < 4.78 is 0.948. The van der Waals surface area contributed by atoms with Gasteiger partial charge in [-0.25, -0.2) is 0 Å². The molecule has 1 aromatic carbocycles. The molecule has 4 unspecified atom stereocenters. The smallest absolute Gasteiger partial charge is 0.236 e. The first-order valence-electron chi connectivity index (χ1n) is 10.0. The van der Waals surface area contributed by atoms with Gasteiger partial charge >= 0.3 is 0 Å². The maximum absolute atomic E-state index is 13.6. The van der Waals surface area contributed by atoms with Gasteiger partial charge in [-0.15, -0.1) is 0 Å². The molecule has 0 bridgehead atoms. The van der Waals surface area contributed by atoms with Crippen LogP contribution in [0.5, 0.6) is 0 Å². The summed E-state index contributed by atoms with van der Waals surface area (Å²) in [5.74, 6) is -1.59. The Kier molecular flexibility index (Phi) is 4.40. The third-order valence-corrected chi connectivity index (χ3v) is 6.64. The van der Waals surface area contributed by atoms with Crippen LogP contribution in [0.1, 0.15) is 47.1 Å². The van der Waals surface area contributed by atoms with Crippen LogP contribution in [0.3, 0.4) is 0 Å². The van der Waals surface area contributed by atoms with E-state index in [1.807, 2.05) is 76.8 Å². The van der Waals surface area contributed by atoms with Crippen molar-refractivity contribution < 1.29 is 14.4 Å². The highest BCUT2D eigenvalue weighted by atomic mass is 79.9. The van der Waals surface area contributed by atoms with E-state index in [0.29, 0.717) is 0 Å². The fourth-order valence-corrected chi connectivity index (χ4v) is 5.33. The highest BCUT2D eigenvalue weighted by Gasteiger charge is 2.65. The van der Waals surface area contributed by atoms with Crippen molar-refractivity contribution in [2.24, 2.45) is 17.3 Å². The molecule has 0 radical (unpaired) electrons. The summed E-state index contributed by atoms with van der Waals surface area (Å²) in [5.41, 5.74) is 0.648. The lowest BCUT2D eigenvalue weighted by atomic mass is 9.79. The zero-order chi connectivity index (χ0) is 21.5. The molecule has 29 heavy (non-hydrogen) atoms. The molecule has 4 rings (SSSR count). The molecular weight excluding hydrogens is 432 g/mol. The summed E-state index contributed by atoms with van der Waals surface area (Å²) in [6.07, 6.45) is 3.99. The number of fused-ring (bicyclic) bond motifs is 5. The van der Waals surface area contributed by atoms with Gasteiger partial charge in [0, 0.05) is 21.1 Å². The molecule has 154 valence electrons. The van der Waals surface area contributed by atoms with Gasteiger partial charge in [0.25, 0.3) is 0 Å². The maximum atomic E-state index is 13.6. The average molecular weight is 459 g/mol. The van der Waals surface area contributed by atoms with Crippen molar-refractivity contribution in [1.82, 2.24) is 4.90 Å². The zero-order valence-corrected chi connectivity index (χ0v) is 19.3. The minimum atomic E-state index is -0.655. The Balaban J connectivity index is 1.90. The molecule has 1 aromatic rings. The van der Waals surface area contributed by atoms with Crippen molar-refractivity contribution in [2.45, 2.75) is 59.2 Å². The minimum Gasteiger partial charge on any atom is -0.353 e. The van der Waals surface area contributed by atoms with Crippen LogP contribution in [0.2, 0.25) is 0 Å². The number of halogens is 1. The van der Waals surface area contributed by atoms with E-state index in [9.17, 15) is 14.4 Å². The van der Waals surface area contributed by atoms with Gasteiger partial charge in [0.05, 0.1) is 17.9 Å². The van der Waals surface area contributed by atoms with E-state index in [2.05, 4.69) is 15.9 Å². The van der Waals surface area contributed by atoms with E-state index in [0.717, 1.165) is 15.7 Å². The molecule has 0 aliphatic carbocycles. The van der Waals surface area contributed by atoms with Crippen LogP contribution in [0.15, 0.2) is 28.7 Å². The van der Waals surface area contributed by atoms with E-state index in [-0.39, 0.29) is 23.6 Å². The van der Waals surface area contributed by atoms with Gasteiger partial charge in [-0.3, -0.25) is 19.3 Å². The van der Waals surface area contributed by atoms with Crippen LogP contribution >= 0.6 is 15.9 Å². The lowest BCUT2D eigenvalue weighted by Crippen LogP contribution is -2.54. The zero-order valence-electron chi connectivity index (χ0n) is 17.7. The molecule has 0 aromatic heterocycles. The number of amides is 2. The number of anilines is 1. The number of likely N-dealkylation sites (tertiary alicyclic amines) is 1. The number of Topliss-reactive ketones (excluding diaryl/α,β-unsaturated/α-hetero) is 1. The first-order chi connectivity index (χ1) is 13.3. The fourth-order valence-electron chi connectivity index (χ4n) is 4.95. The Labute approximate surface area is 180 Å². The van der Waals surface area contributed by atoms with Crippen molar-refractivity contribution in [3.63, 3.8) is 0 Å². The van der Waals surface area contributed by atoms with Gasteiger partial charge in [-0.1, -0.05) is 48.9 Å². The van der Waals surface area contributed by atoms with Crippen molar-refractivity contribution in [3.8, 4) is 0 Å². The van der Waals surface area contributed by atoms with Crippen LogP contribution in [-0.4, -0.2) is 40.1 Å². The van der Waals surface area contributed by atoms with Crippen LogP contribution in [-0.2, 0) is 14.4 Å². The first-order valence-corrected chi connectivity index (χ1v) is 10.8. The Morgan fingerprint density at radius 1 is 1.00 bits per heavy atom. The topological polar surface area (TPSA) is 57.7 Å². The predicted molar refractivity (Wildman–Crippen MR) is 116 cm³/mol. The monoisotopic (exact) mass is 458 g/mol. The summed E-state index contributed by atoms with van der Waals surface area (Å²) in [7, 11) is 0. The number of hydrogen-bond acceptors (Lipinski definition) is 4. The Morgan fingerprint density at radius 3 is 2.21 bits per heavy atom. The van der Waals surface area contributed by atoms with Crippen LogP contribution in [0.4, 0.5) is 5.69 Å². The summed E-state index contributed by atoms with van der Waals surface area (Å²) in [5, 5.41) is 0. The molecule has 0 N–H and O–H groups in total. The summed E-state index contributed by atoms with van der Waals surface area (Å²) in [6, 6.07) is 4.95. The number of rotatable bonds is 1. The van der Waals surface area contributed by atoms with E-state index < -0.39 is 28.8 Å². The Morgan fingerprint density at radius 2 is 1.62 bits per heavy atom.